The highest BCUT2D eigenvalue weighted by molar-refractivity contribution is 7.51. The van der Waals surface area contributed by atoms with Crippen LogP contribution in [-0.4, -0.2) is 54.7 Å². The molecule has 28 heavy (non-hydrogen) atoms. The number of halogens is 1. The molecule has 0 spiro atoms. The van der Waals surface area contributed by atoms with Gasteiger partial charge < -0.3 is 14.0 Å². The van der Waals surface area contributed by atoms with Crippen molar-refractivity contribution < 1.29 is 32.3 Å². The second-order valence-electron chi connectivity index (χ2n) is 6.21. The Morgan fingerprint density at radius 3 is 2.79 bits per heavy atom. The molecule has 1 aliphatic rings. The summed E-state index contributed by atoms with van der Waals surface area (Å²) < 4.78 is 47.9. The van der Waals surface area contributed by atoms with Crippen LogP contribution in [0.5, 0.6) is 0 Å². The summed E-state index contributed by atoms with van der Waals surface area (Å²) >= 11 is 0. The fourth-order valence-corrected chi connectivity index (χ4v) is 3.80. The third-order valence-electron chi connectivity index (χ3n) is 4.17. The topological polar surface area (TPSA) is 138 Å². The lowest BCUT2D eigenvalue weighted by molar-refractivity contribution is -0.142. The molecule has 2 N–H and O–H groups in total. The molecular weight excluding hydrogens is 400 g/mol. The van der Waals surface area contributed by atoms with Gasteiger partial charge in [-0.05, 0) is 13.8 Å². The largest absolute Gasteiger partial charge is 0.468 e. The van der Waals surface area contributed by atoms with Gasteiger partial charge in [0, 0.05) is 25.3 Å². The molecule has 0 aliphatic carbocycles. The number of aromatic amines is 1. The van der Waals surface area contributed by atoms with Crippen molar-refractivity contribution in [2.24, 2.45) is 0 Å². The number of hydrogen-bond donors (Lipinski definition) is 2. The van der Waals surface area contributed by atoms with Crippen LogP contribution in [0.4, 0.5) is 4.39 Å². The summed E-state index contributed by atoms with van der Waals surface area (Å²) in [6.45, 7) is 2.44. The molecule has 0 aromatic carbocycles. The maximum Gasteiger partial charge on any atom is 0.406 e. The maximum absolute atomic E-state index is 14.3. The van der Waals surface area contributed by atoms with E-state index in [1.807, 2.05) is 0 Å². The highest BCUT2D eigenvalue weighted by atomic mass is 31.2. The molecule has 13 heteroatoms. The minimum absolute atomic E-state index is 0.164. The van der Waals surface area contributed by atoms with E-state index in [-0.39, 0.29) is 12.0 Å². The molecule has 5 atom stereocenters. The number of alkyl halides is 1. The number of ether oxygens (including phenoxy) is 2. The van der Waals surface area contributed by atoms with Gasteiger partial charge in [-0.25, -0.2) is 18.8 Å². The second-order valence-corrected chi connectivity index (χ2v) is 8.09. The predicted octanol–water partition coefficient (Wildman–Crippen LogP) is 0.393. The van der Waals surface area contributed by atoms with E-state index < -0.39 is 56.1 Å². The van der Waals surface area contributed by atoms with Crippen LogP contribution < -0.4 is 16.3 Å². The van der Waals surface area contributed by atoms with E-state index in [2.05, 4.69) is 14.8 Å². The van der Waals surface area contributed by atoms with Crippen molar-refractivity contribution in [2.75, 3.05) is 20.8 Å². The number of hydrogen-bond acceptors (Lipinski definition) is 8. The van der Waals surface area contributed by atoms with Crippen molar-refractivity contribution >= 4 is 13.7 Å². The van der Waals surface area contributed by atoms with Crippen LogP contribution in [0.3, 0.4) is 0 Å². The summed E-state index contributed by atoms with van der Waals surface area (Å²) in [7, 11) is -1.66. The van der Waals surface area contributed by atoms with Crippen molar-refractivity contribution in [2.45, 2.75) is 44.8 Å². The average molecular weight is 423 g/mol. The van der Waals surface area contributed by atoms with Gasteiger partial charge in [0.05, 0.1) is 13.7 Å². The van der Waals surface area contributed by atoms with Crippen molar-refractivity contribution in [3.05, 3.63) is 32.6 Å². The molecular formula is C15H23FN3O8P. The summed E-state index contributed by atoms with van der Waals surface area (Å²) in [5, 5.41) is 2.36. The van der Waals surface area contributed by atoms with Gasteiger partial charge in [-0.2, -0.15) is 0 Å². The van der Waals surface area contributed by atoms with E-state index in [0.29, 0.717) is 0 Å². The Balaban J connectivity index is 2.04. The van der Waals surface area contributed by atoms with E-state index in [4.69, 9.17) is 13.8 Å². The highest BCUT2D eigenvalue weighted by Gasteiger charge is 2.39. The van der Waals surface area contributed by atoms with Crippen LogP contribution in [0.2, 0.25) is 0 Å². The fourth-order valence-electron chi connectivity index (χ4n) is 2.59. The van der Waals surface area contributed by atoms with Crippen molar-refractivity contribution in [1.82, 2.24) is 14.6 Å². The highest BCUT2D eigenvalue weighted by Crippen LogP contribution is 2.44. The van der Waals surface area contributed by atoms with Crippen molar-refractivity contribution in [3.63, 3.8) is 0 Å². The Labute approximate surface area is 159 Å². The van der Waals surface area contributed by atoms with Gasteiger partial charge in [-0.15, -0.1) is 0 Å². The number of aryl methyl sites for hydroxylation is 1. The zero-order valence-electron chi connectivity index (χ0n) is 15.8. The first-order valence-corrected chi connectivity index (χ1v) is 9.92. The van der Waals surface area contributed by atoms with Gasteiger partial charge >= 0.3 is 19.4 Å². The molecule has 2 heterocycles. The number of methoxy groups -OCH3 is 1. The Bertz CT molecular complexity index is 872. The summed E-state index contributed by atoms with van der Waals surface area (Å²) in [5.74, 6) is -0.686. The fraction of sp³-hybridized carbons (Fsp3) is 0.667. The lowest BCUT2D eigenvalue weighted by atomic mass is 10.2. The Morgan fingerprint density at radius 1 is 1.50 bits per heavy atom. The van der Waals surface area contributed by atoms with Crippen molar-refractivity contribution in [1.29, 1.82) is 0 Å². The van der Waals surface area contributed by atoms with E-state index in [9.17, 15) is 23.3 Å². The van der Waals surface area contributed by atoms with Crippen LogP contribution in [0.1, 0.15) is 25.1 Å². The molecule has 1 saturated heterocycles. The molecule has 1 fully saturated rings. The quantitative estimate of drug-likeness (QED) is 0.449. The number of rotatable bonds is 8. The first-order valence-electron chi connectivity index (χ1n) is 8.37. The maximum atomic E-state index is 14.3. The molecule has 2 rings (SSSR count). The van der Waals surface area contributed by atoms with Crippen LogP contribution in [0, 0.1) is 6.92 Å². The van der Waals surface area contributed by atoms with E-state index in [1.165, 1.54) is 27.2 Å². The molecule has 0 bridgehead atoms. The Hall–Kier alpha value is -1.85. The number of nitrogens with zero attached hydrogens (tertiary/aromatic N) is 1. The van der Waals surface area contributed by atoms with Crippen LogP contribution >= 0.6 is 7.75 Å². The number of nitrogens with one attached hydrogen (secondary N) is 2. The number of carbonyl (C=O) groups excluding carboxylic acids is 1. The van der Waals surface area contributed by atoms with Crippen LogP contribution in [0.25, 0.3) is 0 Å². The minimum Gasteiger partial charge on any atom is -0.468 e. The minimum atomic E-state index is -3.93. The first-order chi connectivity index (χ1) is 13.1. The van der Waals surface area contributed by atoms with Gasteiger partial charge in [0.15, 0.2) is 0 Å². The second kappa shape index (κ2) is 9.10. The standard InChI is InChI=1S/C15H23FN3O8P/c1-8-6-19(15(22)17-13(8)20)12-5-10(16)11(27-12)7-26-28(23,25-4)18-9(2)14(21)24-3/h6,9-12H,5,7H2,1-4H3,(H,18,23)(H,17,20,22)/t9-,10-,11+,12+,28?/m0/s1. The van der Waals surface area contributed by atoms with Crippen LogP contribution in [0.15, 0.2) is 15.8 Å². The van der Waals surface area contributed by atoms with Gasteiger partial charge in [-0.3, -0.25) is 23.7 Å². The average Bonchev–Trinajstić information content (AvgIpc) is 3.02. The normalized spacial score (nSPS) is 25.2. The molecule has 1 aliphatic heterocycles. The molecule has 1 aromatic heterocycles. The molecule has 0 saturated carbocycles. The smallest absolute Gasteiger partial charge is 0.406 e. The van der Waals surface area contributed by atoms with E-state index in [0.717, 1.165) is 11.7 Å². The van der Waals surface area contributed by atoms with E-state index in [1.54, 1.807) is 0 Å². The molecule has 1 aromatic rings. The molecule has 1 unspecified atom stereocenters. The predicted molar refractivity (Wildman–Crippen MR) is 94.7 cm³/mol. The van der Waals surface area contributed by atoms with Crippen molar-refractivity contribution in [3.8, 4) is 0 Å². The summed E-state index contributed by atoms with van der Waals surface area (Å²) in [4.78, 5) is 36.9. The van der Waals surface area contributed by atoms with Gasteiger partial charge in [0.25, 0.3) is 5.56 Å². The molecule has 11 nitrogen and oxygen atoms in total. The molecule has 0 radical (unpaired) electrons. The number of aromatic nitrogens is 2. The van der Waals surface area contributed by atoms with Gasteiger partial charge in [0.2, 0.25) is 0 Å². The first kappa shape index (κ1) is 22.4. The lowest BCUT2D eigenvalue weighted by Crippen LogP contribution is -2.35. The molecule has 158 valence electrons. The summed E-state index contributed by atoms with van der Waals surface area (Å²) in [6, 6.07) is -0.989. The SMILES string of the molecule is COC(=O)[C@H](C)NP(=O)(OC)OC[C@H]1O[C@@H](n2cc(C)c(=O)[nH]c2=O)C[C@@H]1F. The number of carbonyl (C=O) groups is 1. The number of esters is 1. The Kier molecular flexibility index (Phi) is 7.29. The monoisotopic (exact) mass is 423 g/mol. The molecule has 0 amide bonds. The van der Waals surface area contributed by atoms with Gasteiger partial charge in [-0.1, -0.05) is 0 Å². The third kappa shape index (κ3) is 5.15. The van der Waals surface area contributed by atoms with Crippen LogP contribution in [-0.2, 0) is 27.9 Å². The lowest BCUT2D eigenvalue weighted by Gasteiger charge is -2.22. The Morgan fingerprint density at radius 2 is 2.18 bits per heavy atom. The zero-order chi connectivity index (χ0) is 21.1. The van der Waals surface area contributed by atoms with E-state index >= 15 is 0 Å². The number of H-pyrrole nitrogens is 1. The summed E-state index contributed by atoms with van der Waals surface area (Å²) in [6.07, 6.45) is -2.50. The third-order valence-corrected chi connectivity index (χ3v) is 5.85. The summed E-state index contributed by atoms with van der Waals surface area (Å²) in [5.41, 5.74) is -1.00. The zero-order valence-corrected chi connectivity index (χ0v) is 16.7. The van der Waals surface area contributed by atoms with Gasteiger partial charge in [0.1, 0.15) is 24.5 Å².